The average Bonchev–Trinajstić information content (AvgIpc) is 3.58. The van der Waals surface area contributed by atoms with E-state index in [-0.39, 0.29) is 54.2 Å². The number of hydrogen-bond acceptors (Lipinski definition) is 6. The maximum atomic E-state index is 13.5. The van der Waals surface area contributed by atoms with E-state index in [2.05, 4.69) is 20.9 Å². The number of alkyl halides is 2. The van der Waals surface area contributed by atoms with Crippen LogP contribution < -0.4 is 21.7 Å². The van der Waals surface area contributed by atoms with Gasteiger partial charge in [-0.05, 0) is 57.1 Å². The quantitative estimate of drug-likeness (QED) is 0.364. The number of carbonyl (C=O) groups excluding carboxylic acids is 5. The number of primary amides is 1. The molecule has 4 rings (SSSR count). The lowest BCUT2D eigenvalue weighted by Gasteiger charge is -2.27. The smallest absolute Gasteiger partial charge is 0.288 e. The molecule has 1 saturated heterocycles. The Kier molecular flexibility index (Phi) is 7.56. The van der Waals surface area contributed by atoms with Crippen LogP contribution in [0.1, 0.15) is 80.1 Å². The highest BCUT2D eigenvalue weighted by molar-refractivity contribution is 6.38. The molecule has 12 heteroatoms. The molecule has 0 unspecified atom stereocenters. The predicted octanol–water partition coefficient (Wildman–Crippen LogP) is 1.79. The van der Waals surface area contributed by atoms with Gasteiger partial charge in [-0.2, -0.15) is 0 Å². The lowest BCUT2D eigenvalue weighted by Crippen LogP contribution is -2.38. The van der Waals surface area contributed by atoms with Gasteiger partial charge in [-0.25, -0.2) is 13.8 Å². The molecule has 3 atom stereocenters. The molecule has 4 amide bonds. The standard InChI is InChI=1S/C25H31F2N5O5/c1-12-10-14(23(36)30-12)11-17(19(33)24(37)31-15-2-3-15)16-6-9-29-21(18(16)20(28)34)32-22(35)13-4-7-25(26,27)8-5-13/h6,9,12-15,17H,2-5,7-8,10-11H2,1H3,(H2,28,34)(H,30,36)(H,31,37)(H,29,32,35)/t12-,14-,17+/m1/s1. The number of aromatic nitrogens is 1. The number of hydrogen-bond donors (Lipinski definition) is 4. The summed E-state index contributed by atoms with van der Waals surface area (Å²) in [7, 11) is 0. The van der Waals surface area contributed by atoms with Gasteiger partial charge in [0.15, 0.2) is 0 Å². The molecule has 0 spiro atoms. The molecule has 3 fully saturated rings. The number of nitrogens with one attached hydrogen (secondary N) is 3. The number of rotatable bonds is 9. The molecule has 5 N–H and O–H groups in total. The van der Waals surface area contributed by atoms with Gasteiger partial charge in [0.1, 0.15) is 5.82 Å². The number of Topliss-reactive ketones (excluding diaryl/α,β-unsaturated/α-hetero) is 1. The Hall–Kier alpha value is -3.44. The third kappa shape index (κ3) is 6.28. The summed E-state index contributed by atoms with van der Waals surface area (Å²) in [5.74, 6) is -8.95. The van der Waals surface area contributed by atoms with Crippen molar-refractivity contribution in [2.75, 3.05) is 5.32 Å². The molecule has 10 nitrogen and oxygen atoms in total. The Balaban J connectivity index is 1.63. The molecule has 1 aromatic heterocycles. The van der Waals surface area contributed by atoms with Gasteiger partial charge < -0.3 is 21.7 Å². The fourth-order valence-electron chi connectivity index (χ4n) is 5.10. The topological polar surface area (TPSA) is 160 Å². The van der Waals surface area contributed by atoms with Gasteiger partial charge in [0.05, 0.1) is 11.5 Å². The Morgan fingerprint density at radius 2 is 1.86 bits per heavy atom. The Labute approximate surface area is 212 Å². The highest BCUT2D eigenvalue weighted by Crippen LogP contribution is 2.37. The summed E-state index contributed by atoms with van der Waals surface area (Å²) < 4.78 is 27.0. The minimum Gasteiger partial charge on any atom is -0.365 e. The van der Waals surface area contributed by atoms with E-state index in [4.69, 9.17) is 5.73 Å². The lowest BCUT2D eigenvalue weighted by atomic mass is 9.82. The van der Waals surface area contributed by atoms with Crippen molar-refractivity contribution in [3.8, 4) is 0 Å². The molecular weight excluding hydrogens is 488 g/mol. The van der Waals surface area contributed by atoms with E-state index in [1.807, 2.05) is 6.92 Å². The van der Waals surface area contributed by atoms with Crippen molar-refractivity contribution in [1.82, 2.24) is 15.6 Å². The maximum absolute atomic E-state index is 13.5. The maximum Gasteiger partial charge on any atom is 0.288 e. The van der Waals surface area contributed by atoms with Crippen LogP contribution >= 0.6 is 0 Å². The lowest BCUT2D eigenvalue weighted by molar-refractivity contribution is -0.139. The first-order valence-corrected chi connectivity index (χ1v) is 12.6. The van der Waals surface area contributed by atoms with Gasteiger partial charge in [0, 0.05) is 43.0 Å². The number of nitrogens with zero attached hydrogens (tertiary/aromatic N) is 1. The first kappa shape index (κ1) is 26.6. The highest BCUT2D eigenvalue weighted by atomic mass is 19.3. The van der Waals surface area contributed by atoms with Crippen LogP contribution in [0.3, 0.4) is 0 Å². The van der Waals surface area contributed by atoms with E-state index in [1.165, 1.54) is 12.3 Å². The van der Waals surface area contributed by atoms with E-state index >= 15 is 0 Å². The summed E-state index contributed by atoms with van der Waals surface area (Å²) >= 11 is 0. The third-order valence-corrected chi connectivity index (χ3v) is 7.31. The van der Waals surface area contributed by atoms with Crippen LogP contribution in [0.2, 0.25) is 0 Å². The molecule has 2 saturated carbocycles. The summed E-state index contributed by atoms with van der Waals surface area (Å²) in [6.07, 6.45) is 2.30. The van der Waals surface area contributed by atoms with Crippen molar-refractivity contribution in [3.05, 3.63) is 23.4 Å². The summed E-state index contributed by atoms with van der Waals surface area (Å²) in [6.45, 7) is 1.82. The molecule has 3 aliphatic rings. The van der Waals surface area contributed by atoms with E-state index < -0.39 is 60.0 Å². The molecule has 0 bridgehead atoms. The van der Waals surface area contributed by atoms with Gasteiger partial charge in [0.25, 0.3) is 11.8 Å². The number of nitrogens with two attached hydrogens (primary N) is 1. The fourth-order valence-corrected chi connectivity index (χ4v) is 5.10. The zero-order valence-electron chi connectivity index (χ0n) is 20.5. The van der Waals surface area contributed by atoms with Crippen LogP contribution in [0.25, 0.3) is 0 Å². The van der Waals surface area contributed by atoms with Gasteiger partial charge >= 0.3 is 0 Å². The highest BCUT2D eigenvalue weighted by Gasteiger charge is 2.40. The SMILES string of the molecule is C[C@@H]1C[C@H](C[C@H](C(=O)C(=O)NC2CC2)c2ccnc(NC(=O)C3CCC(F)(F)CC3)c2C(N)=O)C(=O)N1. The molecule has 37 heavy (non-hydrogen) atoms. The van der Waals surface area contributed by atoms with Crippen molar-refractivity contribution in [2.24, 2.45) is 17.6 Å². The zero-order chi connectivity index (χ0) is 26.9. The normalized spacial score (nSPS) is 24.1. The second-order valence-electron chi connectivity index (χ2n) is 10.4. The van der Waals surface area contributed by atoms with E-state index in [1.54, 1.807) is 0 Å². The van der Waals surface area contributed by atoms with Crippen LogP contribution in [-0.2, 0) is 19.2 Å². The summed E-state index contributed by atoms with van der Waals surface area (Å²) in [6, 6.07) is 1.18. The van der Waals surface area contributed by atoms with Crippen molar-refractivity contribution < 1.29 is 32.8 Å². The second-order valence-corrected chi connectivity index (χ2v) is 10.4. The van der Waals surface area contributed by atoms with Gasteiger partial charge in [-0.1, -0.05) is 0 Å². The molecule has 2 heterocycles. The van der Waals surface area contributed by atoms with Gasteiger partial charge in [0.2, 0.25) is 23.5 Å². The Morgan fingerprint density at radius 3 is 2.43 bits per heavy atom. The van der Waals surface area contributed by atoms with Crippen LogP contribution in [0.15, 0.2) is 12.3 Å². The van der Waals surface area contributed by atoms with E-state index in [0.29, 0.717) is 6.42 Å². The van der Waals surface area contributed by atoms with Crippen LogP contribution in [0, 0.1) is 11.8 Å². The van der Waals surface area contributed by atoms with Gasteiger partial charge in [-0.15, -0.1) is 0 Å². The molecule has 200 valence electrons. The zero-order valence-corrected chi connectivity index (χ0v) is 20.5. The van der Waals surface area contributed by atoms with Gasteiger partial charge in [-0.3, -0.25) is 24.0 Å². The minimum absolute atomic E-state index is 0.0259. The molecule has 1 aromatic rings. The van der Waals surface area contributed by atoms with Crippen LogP contribution in [0.5, 0.6) is 0 Å². The number of anilines is 1. The second kappa shape index (κ2) is 10.5. The average molecular weight is 520 g/mol. The van der Waals surface area contributed by atoms with Crippen LogP contribution in [-0.4, -0.2) is 52.4 Å². The van der Waals surface area contributed by atoms with Crippen molar-refractivity contribution in [2.45, 2.75) is 82.2 Å². The van der Waals surface area contributed by atoms with Crippen molar-refractivity contribution in [1.29, 1.82) is 0 Å². The third-order valence-electron chi connectivity index (χ3n) is 7.31. The Bertz CT molecular complexity index is 1110. The molecular formula is C25H31F2N5O5. The molecule has 1 aliphatic heterocycles. The number of amides is 4. The Morgan fingerprint density at radius 1 is 1.19 bits per heavy atom. The van der Waals surface area contributed by atoms with E-state index in [9.17, 15) is 32.8 Å². The molecule has 2 aliphatic carbocycles. The summed E-state index contributed by atoms with van der Waals surface area (Å²) in [5.41, 5.74) is 5.48. The minimum atomic E-state index is -2.81. The van der Waals surface area contributed by atoms with E-state index in [0.717, 1.165) is 12.8 Å². The number of halogens is 2. The largest absolute Gasteiger partial charge is 0.365 e. The van der Waals surface area contributed by atoms with Crippen LogP contribution in [0.4, 0.5) is 14.6 Å². The predicted molar refractivity (Wildman–Crippen MR) is 128 cm³/mol. The number of carbonyl (C=O) groups is 5. The van der Waals surface area contributed by atoms with Crippen molar-refractivity contribution >= 4 is 35.2 Å². The monoisotopic (exact) mass is 519 g/mol. The molecule has 0 radical (unpaired) electrons. The fraction of sp³-hybridized carbons (Fsp3) is 0.600. The van der Waals surface area contributed by atoms with Crippen molar-refractivity contribution in [3.63, 3.8) is 0 Å². The summed E-state index contributed by atoms with van der Waals surface area (Å²) in [4.78, 5) is 67.9. The first-order chi connectivity index (χ1) is 17.4. The first-order valence-electron chi connectivity index (χ1n) is 12.6. The number of pyridine rings is 1. The molecule has 0 aromatic carbocycles. The summed E-state index contributed by atoms with van der Waals surface area (Å²) in [5, 5.41) is 7.95. The number of ketones is 1.